The highest BCUT2D eigenvalue weighted by molar-refractivity contribution is 6.04. The minimum Gasteiger partial charge on any atom is -0.369 e. The summed E-state index contributed by atoms with van der Waals surface area (Å²) in [6, 6.07) is 17.8. The lowest BCUT2D eigenvalue weighted by Gasteiger charge is -2.35. The molecule has 5 nitrogen and oxygen atoms in total. The first kappa shape index (κ1) is 18.4. The highest BCUT2D eigenvalue weighted by Gasteiger charge is 2.17. The Morgan fingerprint density at radius 2 is 1.82 bits per heavy atom. The number of hydrogen-bond donors (Lipinski definition) is 1. The standard InChI is InChI=1S/C23H26N4O/c1-3-26-12-14-27(15-13-26)19-9-11-20(17(2)16-19)25-23(28)22-10-8-18-6-4-5-7-21(18)24-22/h4-11,16H,3,12-15H2,1-2H3,(H,25,28). The van der Waals surface area contributed by atoms with Crippen LogP contribution in [0.2, 0.25) is 0 Å². The van der Waals surface area contributed by atoms with Gasteiger partial charge in [-0.05, 0) is 49.4 Å². The summed E-state index contributed by atoms with van der Waals surface area (Å²) in [5.41, 5.74) is 4.36. The number of piperazine rings is 1. The summed E-state index contributed by atoms with van der Waals surface area (Å²) in [5, 5.41) is 4.04. The predicted molar refractivity (Wildman–Crippen MR) is 115 cm³/mol. The number of pyridine rings is 1. The first-order chi connectivity index (χ1) is 13.6. The van der Waals surface area contributed by atoms with Gasteiger partial charge >= 0.3 is 0 Å². The fraction of sp³-hybridized carbons (Fsp3) is 0.304. The molecule has 0 bridgehead atoms. The van der Waals surface area contributed by atoms with Gasteiger partial charge in [0.1, 0.15) is 5.69 Å². The van der Waals surface area contributed by atoms with E-state index in [-0.39, 0.29) is 5.91 Å². The van der Waals surface area contributed by atoms with Crippen LogP contribution < -0.4 is 10.2 Å². The van der Waals surface area contributed by atoms with Crippen molar-refractivity contribution in [3.8, 4) is 0 Å². The molecule has 1 aliphatic heterocycles. The molecule has 1 fully saturated rings. The Hall–Kier alpha value is -2.92. The number of benzene rings is 2. The van der Waals surface area contributed by atoms with Gasteiger partial charge in [0, 0.05) is 42.9 Å². The Bertz CT molecular complexity index is 993. The van der Waals surface area contributed by atoms with E-state index in [9.17, 15) is 4.79 Å². The van der Waals surface area contributed by atoms with Crippen molar-refractivity contribution in [2.45, 2.75) is 13.8 Å². The van der Waals surface area contributed by atoms with Crippen LogP contribution in [0.4, 0.5) is 11.4 Å². The number of nitrogens with zero attached hydrogens (tertiary/aromatic N) is 3. The fourth-order valence-corrected chi connectivity index (χ4v) is 3.69. The SMILES string of the molecule is CCN1CCN(c2ccc(NC(=O)c3ccc4ccccc4n3)c(C)c2)CC1. The van der Waals surface area contributed by atoms with Crippen molar-refractivity contribution >= 4 is 28.2 Å². The third-order valence-corrected chi connectivity index (χ3v) is 5.47. The number of nitrogens with one attached hydrogen (secondary N) is 1. The molecule has 0 spiro atoms. The van der Waals surface area contributed by atoms with Gasteiger partial charge in [-0.15, -0.1) is 0 Å². The molecular formula is C23H26N4O. The lowest BCUT2D eigenvalue weighted by molar-refractivity contribution is 0.102. The summed E-state index contributed by atoms with van der Waals surface area (Å²) in [4.78, 5) is 22.0. The molecule has 1 aromatic heterocycles. The second kappa shape index (κ2) is 7.98. The Morgan fingerprint density at radius 1 is 1.04 bits per heavy atom. The number of anilines is 2. The van der Waals surface area contributed by atoms with Gasteiger partial charge in [-0.25, -0.2) is 4.98 Å². The molecule has 2 heterocycles. The molecule has 0 aliphatic carbocycles. The van der Waals surface area contributed by atoms with Gasteiger partial charge in [0.2, 0.25) is 0 Å². The number of likely N-dealkylation sites (N-methyl/N-ethyl adjacent to an activating group) is 1. The average Bonchev–Trinajstić information content (AvgIpc) is 2.74. The van der Waals surface area contributed by atoms with Crippen molar-refractivity contribution in [1.29, 1.82) is 0 Å². The molecule has 5 heteroatoms. The molecule has 1 saturated heterocycles. The summed E-state index contributed by atoms with van der Waals surface area (Å²) in [5.74, 6) is -0.182. The number of carbonyl (C=O) groups is 1. The number of carbonyl (C=O) groups excluding carboxylic acids is 1. The number of aryl methyl sites for hydroxylation is 1. The maximum atomic E-state index is 12.7. The van der Waals surface area contributed by atoms with Crippen molar-refractivity contribution in [1.82, 2.24) is 9.88 Å². The minimum atomic E-state index is -0.182. The second-order valence-corrected chi connectivity index (χ2v) is 7.26. The molecule has 1 N–H and O–H groups in total. The van der Waals surface area contributed by atoms with E-state index in [4.69, 9.17) is 0 Å². The lowest BCUT2D eigenvalue weighted by atomic mass is 10.1. The molecule has 3 aromatic rings. The van der Waals surface area contributed by atoms with Crippen molar-refractivity contribution in [3.63, 3.8) is 0 Å². The zero-order valence-corrected chi connectivity index (χ0v) is 16.5. The van der Waals surface area contributed by atoms with Gasteiger partial charge in [-0.3, -0.25) is 4.79 Å². The number of hydrogen-bond acceptors (Lipinski definition) is 4. The average molecular weight is 374 g/mol. The molecule has 1 amide bonds. The van der Waals surface area contributed by atoms with Crippen LogP contribution in [0.25, 0.3) is 10.9 Å². The van der Waals surface area contributed by atoms with Crippen LogP contribution in [0.1, 0.15) is 23.0 Å². The molecule has 0 radical (unpaired) electrons. The zero-order chi connectivity index (χ0) is 19.5. The number of aromatic nitrogens is 1. The molecule has 1 aliphatic rings. The number of fused-ring (bicyclic) bond motifs is 1. The van der Waals surface area contributed by atoms with Crippen molar-refractivity contribution in [2.75, 3.05) is 42.9 Å². The van der Waals surface area contributed by atoms with E-state index in [0.29, 0.717) is 5.69 Å². The molecule has 28 heavy (non-hydrogen) atoms. The molecule has 4 rings (SSSR count). The summed E-state index contributed by atoms with van der Waals surface area (Å²) in [6.45, 7) is 9.64. The van der Waals surface area contributed by atoms with Crippen molar-refractivity contribution in [2.24, 2.45) is 0 Å². The lowest BCUT2D eigenvalue weighted by Crippen LogP contribution is -2.46. The molecule has 0 unspecified atom stereocenters. The van der Waals surface area contributed by atoms with Crippen molar-refractivity contribution < 1.29 is 4.79 Å². The maximum Gasteiger partial charge on any atom is 0.274 e. The zero-order valence-electron chi connectivity index (χ0n) is 16.5. The van der Waals surface area contributed by atoms with E-state index in [1.165, 1.54) is 5.69 Å². The maximum absolute atomic E-state index is 12.7. The molecule has 0 atom stereocenters. The second-order valence-electron chi connectivity index (χ2n) is 7.26. The van der Waals surface area contributed by atoms with Crippen LogP contribution in [0.3, 0.4) is 0 Å². The summed E-state index contributed by atoms with van der Waals surface area (Å²) in [7, 11) is 0. The van der Waals surface area contributed by atoms with Gasteiger partial charge in [0.15, 0.2) is 0 Å². The van der Waals surface area contributed by atoms with Gasteiger partial charge in [0.25, 0.3) is 5.91 Å². The van der Waals surface area contributed by atoms with Gasteiger partial charge in [-0.1, -0.05) is 31.2 Å². The highest BCUT2D eigenvalue weighted by atomic mass is 16.1. The normalized spacial score (nSPS) is 15.0. The number of rotatable bonds is 4. The first-order valence-electron chi connectivity index (χ1n) is 9.89. The van der Waals surface area contributed by atoms with Crippen LogP contribution in [0.15, 0.2) is 54.6 Å². The van der Waals surface area contributed by atoms with Crippen LogP contribution in [-0.2, 0) is 0 Å². The minimum absolute atomic E-state index is 0.182. The van der Waals surface area contributed by atoms with Crippen LogP contribution >= 0.6 is 0 Å². The summed E-state index contributed by atoms with van der Waals surface area (Å²) >= 11 is 0. The van der Waals surface area contributed by atoms with E-state index >= 15 is 0 Å². The van der Waals surface area contributed by atoms with E-state index in [1.54, 1.807) is 6.07 Å². The number of amides is 1. The monoisotopic (exact) mass is 374 g/mol. The molecule has 0 saturated carbocycles. The third kappa shape index (κ3) is 3.85. The third-order valence-electron chi connectivity index (χ3n) is 5.47. The van der Waals surface area contributed by atoms with E-state index < -0.39 is 0 Å². The Morgan fingerprint density at radius 3 is 2.57 bits per heavy atom. The number of para-hydroxylation sites is 1. The van der Waals surface area contributed by atoms with Gasteiger partial charge < -0.3 is 15.1 Å². The quantitative estimate of drug-likeness (QED) is 0.752. The topological polar surface area (TPSA) is 48.5 Å². The largest absolute Gasteiger partial charge is 0.369 e. The summed E-state index contributed by atoms with van der Waals surface area (Å²) < 4.78 is 0. The Kier molecular flexibility index (Phi) is 5.26. The molecular weight excluding hydrogens is 348 g/mol. The summed E-state index contributed by atoms with van der Waals surface area (Å²) in [6.07, 6.45) is 0. The van der Waals surface area contributed by atoms with Crippen LogP contribution in [0.5, 0.6) is 0 Å². The highest BCUT2D eigenvalue weighted by Crippen LogP contribution is 2.24. The molecule has 2 aromatic carbocycles. The first-order valence-corrected chi connectivity index (χ1v) is 9.89. The van der Waals surface area contributed by atoms with E-state index in [1.807, 2.05) is 43.3 Å². The van der Waals surface area contributed by atoms with Gasteiger partial charge in [0.05, 0.1) is 5.52 Å². The predicted octanol–water partition coefficient (Wildman–Crippen LogP) is 3.94. The van der Waals surface area contributed by atoms with Crippen LogP contribution in [0, 0.1) is 6.92 Å². The van der Waals surface area contributed by atoms with Gasteiger partial charge in [-0.2, -0.15) is 0 Å². The molecule has 144 valence electrons. The van der Waals surface area contributed by atoms with E-state index in [0.717, 1.165) is 54.9 Å². The fourth-order valence-electron chi connectivity index (χ4n) is 3.69. The van der Waals surface area contributed by atoms with E-state index in [2.05, 4.69) is 39.2 Å². The van der Waals surface area contributed by atoms with Crippen molar-refractivity contribution in [3.05, 3.63) is 65.9 Å². The Balaban J connectivity index is 1.47. The smallest absolute Gasteiger partial charge is 0.274 e. The van der Waals surface area contributed by atoms with Crippen LogP contribution in [-0.4, -0.2) is 48.5 Å². The Labute approximate surface area is 166 Å².